The number of esters is 1. The van der Waals surface area contributed by atoms with Gasteiger partial charge in [0.2, 0.25) is 5.91 Å². The molecule has 0 aliphatic carbocycles. The minimum Gasteiger partial charge on any atom is -0.507 e. The van der Waals surface area contributed by atoms with Gasteiger partial charge in [0.1, 0.15) is 11.3 Å². The van der Waals surface area contributed by atoms with E-state index in [2.05, 4.69) is 5.32 Å². The average molecular weight is 354 g/mol. The van der Waals surface area contributed by atoms with Crippen molar-refractivity contribution in [1.29, 1.82) is 0 Å². The summed E-state index contributed by atoms with van der Waals surface area (Å²) in [5.74, 6) is -1.48. The predicted octanol–water partition coefficient (Wildman–Crippen LogP) is 2.10. The second-order valence-electron chi connectivity index (χ2n) is 5.91. The Kier molecular flexibility index (Phi) is 4.88. The fraction of sp³-hybridized carbons (Fsp3) is 0.211. The number of amides is 2. The van der Waals surface area contributed by atoms with E-state index in [1.807, 2.05) is 0 Å². The molecule has 1 aliphatic heterocycles. The van der Waals surface area contributed by atoms with Crippen molar-refractivity contribution in [2.24, 2.45) is 0 Å². The summed E-state index contributed by atoms with van der Waals surface area (Å²) in [7, 11) is 0. The van der Waals surface area contributed by atoms with Crippen LogP contribution in [0.2, 0.25) is 0 Å². The maximum absolute atomic E-state index is 12.0. The van der Waals surface area contributed by atoms with Crippen molar-refractivity contribution in [3.63, 3.8) is 0 Å². The van der Waals surface area contributed by atoms with Gasteiger partial charge in [0.25, 0.3) is 5.91 Å². The van der Waals surface area contributed by atoms with Crippen molar-refractivity contribution in [3.8, 4) is 5.75 Å². The molecule has 2 amide bonds. The maximum atomic E-state index is 12.0. The number of ether oxygens (including phenoxy) is 1. The number of anilines is 2. The van der Waals surface area contributed by atoms with Crippen molar-refractivity contribution in [2.45, 2.75) is 13.3 Å². The van der Waals surface area contributed by atoms with Gasteiger partial charge in [0.05, 0.1) is 0 Å². The zero-order valence-corrected chi connectivity index (χ0v) is 14.2. The Bertz CT molecular complexity index is 878. The molecule has 2 aromatic rings. The number of phenols is 1. The van der Waals surface area contributed by atoms with Crippen molar-refractivity contribution in [2.75, 3.05) is 23.4 Å². The number of phenolic OH excluding ortho intramolecular Hbond substituents is 1. The molecular formula is C19H18N2O5. The highest BCUT2D eigenvalue weighted by molar-refractivity contribution is 5.98. The van der Waals surface area contributed by atoms with E-state index in [1.54, 1.807) is 35.2 Å². The van der Waals surface area contributed by atoms with E-state index in [0.717, 1.165) is 17.7 Å². The predicted molar refractivity (Wildman–Crippen MR) is 95.2 cm³/mol. The molecule has 0 atom stereocenters. The van der Waals surface area contributed by atoms with Gasteiger partial charge in [-0.05, 0) is 42.3 Å². The molecule has 0 unspecified atom stereocenters. The number of benzene rings is 2. The topological polar surface area (TPSA) is 95.9 Å². The molecule has 7 nitrogen and oxygen atoms in total. The molecule has 0 saturated heterocycles. The van der Waals surface area contributed by atoms with Crippen LogP contribution in [0.15, 0.2) is 42.5 Å². The number of nitrogens with one attached hydrogen (secondary N) is 1. The Balaban J connectivity index is 1.58. The molecule has 7 heteroatoms. The summed E-state index contributed by atoms with van der Waals surface area (Å²) in [6.07, 6.45) is 0.723. The van der Waals surface area contributed by atoms with Gasteiger partial charge in [-0.3, -0.25) is 9.59 Å². The second-order valence-corrected chi connectivity index (χ2v) is 5.91. The number of hydrogen-bond donors (Lipinski definition) is 2. The van der Waals surface area contributed by atoms with Crippen LogP contribution < -0.4 is 10.2 Å². The molecular weight excluding hydrogens is 336 g/mol. The molecule has 0 spiro atoms. The van der Waals surface area contributed by atoms with E-state index in [4.69, 9.17) is 4.74 Å². The van der Waals surface area contributed by atoms with E-state index < -0.39 is 18.5 Å². The van der Waals surface area contributed by atoms with E-state index >= 15 is 0 Å². The van der Waals surface area contributed by atoms with Gasteiger partial charge in [-0.25, -0.2) is 4.79 Å². The highest BCUT2D eigenvalue weighted by atomic mass is 16.5. The third kappa shape index (κ3) is 3.66. The van der Waals surface area contributed by atoms with Crippen molar-refractivity contribution >= 4 is 29.2 Å². The lowest BCUT2D eigenvalue weighted by molar-refractivity contribution is -0.119. The fourth-order valence-corrected chi connectivity index (χ4v) is 2.86. The Hall–Kier alpha value is -3.35. The smallest absolute Gasteiger partial charge is 0.342 e. The van der Waals surface area contributed by atoms with Crippen LogP contribution in [-0.4, -0.2) is 36.0 Å². The lowest BCUT2D eigenvalue weighted by atomic mass is 10.1. The van der Waals surface area contributed by atoms with Crippen molar-refractivity contribution in [3.05, 3.63) is 53.6 Å². The number of rotatable bonds is 4. The van der Waals surface area contributed by atoms with E-state index in [1.165, 1.54) is 19.1 Å². The quantitative estimate of drug-likeness (QED) is 0.820. The van der Waals surface area contributed by atoms with Crippen molar-refractivity contribution < 1.29 is 24.2 Å². The first kappa shape index (κ1) is 17.5. The molecule has 0 fully saturated rings. The maximum Gasteiger partial charge on any atom is 0.342 e. The van der Waals surface area contributed by atoms with E-state index in [-0.39, 0.29) is 17.2 Å². The summed E-state index contributed by atoms with van der Waals surface area (Å²) in [6, 6.07) is 11.2. The Morgan fingerprint density at radius 3 is 2.69 bits per heavy atom. The molecule has 2 N–H and O–H groups in total. The molecule has 2 aromatic carbocycles. The van der Waals surface area contributed by atoms with Crippen LogP contribution in [0.1, 0.15) is 22.8 Å². The molecule has 0 aromatic heterocycles. The molecule has 1 aliphatic rings. The van der Waals surface area contributed by atoms with E-state index in [0.29, 0.717) is 12.2 Å². The molecule has 134 valence electrons. The minimum atomic E-state index is -0.774. The molecule has 26 heavy (non-hydrogen) atoms. The molecule has 0 bridgehead atoms. The van der Waals surface area contributed by atoms with E-state index in [9.17, 15) is 19.5 Å². The number of fused-ring (bicyclic) bond motifs is 1. The number of hydrogen-bond acceptors (Lipinski definition) is 5. The van der Waals surface area contributed by atoms with Gasteiger partial charge in [0, 0.05) is 24.8 Å². The molecule has 1 heterocycles. The summed E-state index contributed by atoms with van der Waals surface area (Å²) in [5.41, 5.74) is 2.39. The van der Waals surface area contributed by atoms with Crippen LogP contribution in [0, 0.1) is 0 Å². The highest BCUT2D eigenvalue weighted by Gasteiger charge is 2.22. The van der Waals surface area contributed by atoms with Gasteiger partial charge >= 0.3 is 5.97 Å². The molecule has 0 radical (unpaired) electrons. The normalized spacial score (nSPS) is 12.4. The third-order valence-corrected chi connectivity index (χ3v) is 4.10. The first-order valence-corrected chi connectivity index (χ1v) is 8.11. The van der Waals surface area contributed by atoms with Crippen LogP contribution in [-0.2, 0) is 20.7 Å². The average Bonchev–Trinajstić information content (AvgIpc) is 3.03. The molecule has 3 rings (SSSR count). The number of carbonyl (C=O) groups is 3. The monoisotopic (exact) mass is 354 g/mol. The van der Waals surface area contributed by atoms with Crippen LogP contribution in [0.5, 0.6) is 5.75 Å². The van der Waals surface area contributed by atoms with Gasteiger partial charge < -0.3 is 20.1 Å². The third-order valence-electron chi connectivity index (χ3n) is 4.10. The van der Waals surface area contributed by atoms with Crippen LogP contribution in [0.3, 0.4) is 0 Å². The number of aromatic hydroxyl groups is 1. The fourth-order valence-electron chi connectivity index (χ4n) is 2.86. The van der Waals surface area contributed by atoms with Crippen LogP contribution in [0.4, 0.5) is 11.4 Å². The highest BCUT2D eigenvalue weighted by Crippen LogP contribution is 2.30. The second kappa shape index (κ2) is 7.26. The number of para-hydroxylation sites is 1. The largest absolute Gasteiger partial charge is 0.507 e. The first-order valence-electron chi connectivity index (χ1n) is 8.11. The SMILES string of the molecule is CC(=O)N1CCc2cc(NC(=O)COC(=O)c3ccccc3O)ccc21. The van der Waals surface area contributed by atoms with Crippen molar-refractivity contribution in [1.82, 2.24) is 0 Å². The Morgan fingerprint density at radius 1 is 1.19 bits per heavy atom. The standard InChI is InChI=1S/C19H18N2O5/c1-12(22)21-9-8-13-10-14(6-7-16(13)21)20-18(24)11-26-19(25)15-4-2-3-5-17(15)23/h2-7,10,23H,8-9,11H2,1H3,(H,20,24). The minimum absolute atomic E-state index is 0.00200. The Morgan fingerprint density at radius 2 is 1.96 bits per heavy atom. The lowest BCUT2D eigenvalue weighted by Gasteiger charge is -2.15. The van der Waals surface area contributed by atoms with Gasteiger partial charge in [0.15, 0.2) is 6.61 Å². The van der Waals surface area contributed by atoms with Gasteiger partial charge in [-0.15, -0.1) is 0 Å². The summed E-state index contributed by atoms with van der Waals surface area (Å²) in [4.78, 5) is 37.1. The van der Waals surface area contributed by atoms with Crippen LogP contribution in [0.25, 0.3) is 0 Å². The zero-order chi connectivity index (χ0) is 18.7. The summed E-state index contributed by atoms with van der Waals surface area (Å²) in [5, 5.41) is 12.3. The molecule has 0 saturated carbocycles. The summed E-state index contributed by atoms with van der Waals surface area (Å²) < 4.78 is 4.92. The number of carbonyl (C=O) groups excluding carboxylic acids is 3. The zero-order valence-electron chi connectivity index (χ0n) is 14.2. The summed E-state index contributed by atoms with van der Waals surface area (Å²) in [6.45, 7) is 1.67. The van der Waals surface area contributed by atoms with Crippen LogP contribution >= 0.6 is 0 Å². The first-order chi connectivity index (χ1) is 12.5. The summed E-state index contributed by atoms with van der Waals surface area (Å²) >= 11 is 0. The van der Waals surface area contributed by atoms with Gasteiger partial charge in [-0.2, -0.15) is 0 Å². The lowest BCUT2D eigenvalue weighted by Crippen LogP contribution is -2.25. The Labute approximate surface area is 150 Å². The van der Waals surface area contributed by atoms with Gasteiger partial charge in [-0.1, -0.05) is 12.1 Å². The number of nitrogens with zero attached hydrogens (tertiary/aromatic N) is 1.